The highest BCUT2D eigenvalue weighted by Gasteiger charge is 2.43. The maximum absolute atomic E-state index is 10.9. The lowest BCUT2D eigenvalue weighted by Crippen LogP contribution is -2.33. The van der Waals surface area contributed by atoms with E-state index >= 15 is 0 Å². The zero-order chi connectivity index (χ0) is 14.9. The number of aliphatic hydroxyl groups is 1. The van der Waals surface area contributed by atoms with Crippen molar-refractivity contribution < 1.29 is 5.11 Å². The molecule has 0 amide bonds. The van der Waals surface area contributed by atoms with Gasteiger partial charge in [0.25, 0.3) is 0 Å². The predicted molar refractivity (Wildman–Crippen MR) is 82.4 cm³/mol. The third-order valence-electron chi connectivity index (χ3n) is 4.74. The molecule has 0 radical (unpaired) electrons. The number of pyridine rings is 1. The van der Waals surface area contributed by atoms with Gasteiger partial charge in [0, 0.05) is 17.1 Å². The summed E-state index contributed by atoms with van der Waals surface area (Å²) in [5.74, 6) is 0.482. The Balaban J connectivity index is 2.07. The summed E-state index contributed by atoms with van der Waals surface area (Å²) in [4.78, 5) is 4.41. The summed E-state index contributed by atoms with van der Waals surface area (Å²) in [6.07, 6.45) is 4.63. The molecule has 0 aliphatic heterocycles. The molecule has 1 N–H and O–H groups in total. The molecular formula is C18H20N2O. The lowest BCUT2D eigenvalue weighted by atomic mass is 9.66. The standard InChI is InChI=1S/C18H20N2O/c1-13-5-3-9-18(11-13,12-19)17(21)15-8-2-6-14-7-4-10-20-16(14)15/h2,4,6-8,10,13,17,21H,3,5,9,11H2,1H3. The first kappa shape index (κ1) is 14.0. The molecule has 1 saturated carbocycles. The van der Waals surface area contributed by atoms with Gasteiger partial charge in [-0.05, 0) is 24.8 Å². The SMILES string of the molecule is CC1CCCC(C#N)(C(O)c2cccc3cccnc23)C1. The second-order valence-corrected chi connectivity index (χ2v) is 6.29. The average Bonchev–Trinajstić information content (AvgIpc) is 2.53. The summed E-state index contributed by atoms with van der Waals surface area (Å²) in [7, 11) is 0. The average molecular weight is 280 g/mol. The van der Waals surface area contributed by atoms with Crippen LogP contribution >= 0.6 is 0 Å². The predicted octanol–water partition coefficient (Wildman–Crippen LogP) is 3.99. The van der Waals surface area contributed by atoms with Crippen LogP contribution < -0.4 is 0 Å². The number of hydrogen-bond acceptors (Lipinski definition) is 3. The molecule has 1 heterocycles. The monoisotopic (exact) mass is 280 g/mol. The first-order valence-electron chi connectivity index (χ1n) is 7.59. The Morgan fingerprint density at radius 3 is 2.95 bits per heavy atom. The summed E-state index contributed by atoms with van der Waals surface area (Å²) < 4.78 is 0. The largest absolute Gasteiger partial charge is 0.387 e. The molecular weight excluding hydrogens is 260 g/mol. The Labute approximate surface area is 125 Å². The number of fused-ring (bicyclic) bond motifs is 1. The zero-order valence-corrected chi connectivity index (χ0v) is 12.3. The Morgan fingerprint density at radius 2 is 2.19 bits per heavy atom. The van der Waals surface area contributed by atoms with Crippen LogP contribution in [0.25, 0.3) is 10.9 Å². The summed E-state index contributed by atoms with van der Waals surface area (Å²) in [6.45, 7) is 2.17. The molecule has 1 aliphatic carbocycles. The van der Waals surface area contributed by atoms with Crippen LogP contribution in [-0.4, -0.2) is 10.1 Å². The number of benzene rings is 1. The van der Waals surface area contributed by atoms with Gasteiger partial charge in [0.2, 0.25) is 0 Å². The maximum Gasteiger partial charge on any atom is 0.0997 e. The highest BCUT2D eigenvalue weighted by molar-refractivity contribution is 5.82. The van der Waals surface area contributed by atoms with Crippen LogP contribution in [0.1, 0.15) is 44.3 Å². The first-order chi connectivity index (χ1) is 10.2. The van der Waals surface area contributed by atoms with Crippen LogP contribution in [0.2, 0.25) is 0 Å². The molecule has 3 atom stereocenters. The van der Waals surface area contributed by atoms with Gasteiger partial charge < -0.3 is 5.11 Å². The molecule has 21 heavy (non-hydrogen) atoms. The van der Waals surface area contributed by atoms with Crippen LogP contribution in [0, 0.1) is 22.7 Å². The van der Waals surface area contributed by atoms with Crippen molar-refractivity contribution in [1.29, 1.82) is 5.26 Å². The minimum atomic E-state index is -0.774. The van der Waals surface area contributed by atoms with E-state index in [-0.39, 0.29) is 0 Å². The van der Waals surface area contributed by atoms with Gasteiger partial charge in [0.15, 0.2) is 0 Å². The van der Waals surface area contributed by atoms with Gasteiger partial charge in [-0.15, -0.1) is 0 Å². The fourth-order valence-electron chi connectivity index (χ4n) is 3.65. The summed E-state index contributed by atoms with van der Waals surface area (Å²) in [6, 6.07) is 12.1. The van der Waals surface area contributed by atoms with Crippen LogP contribution in [-0.2, 0) is 0 Å². The highest BCUT2D eigenvalue weighted by atomic mass is 16.3. The fourth-order valence-corrected chi connectivity index (χ4v) is 3.65. The van der Waals surface area contributed by atoms with Crippen molar-refractivity contribution in [2.24, 2.45) is 11.3 Å². The fraction of sp³-hybridized carbons (Fsp3) is 0.444. The van der Waals surface area contributed by atoms with E-state index in [0.29, 0.717) is 5.92 Å². The third kappa shape index (κ3) is 2.41. The van der Waals surface area contributed by atoms with E-state index < -0.39 is 11.5 Å². The molecule has 3 rings (SSSR count). The number of hydrogen-bond donors (Lipinski definition) is 1. The minimum absolute atomic E-state index is 0.482. The molecule has 0 spiro atoms. The molecule has 0 saturated heterocycles. The van der Waals surface area contributed by atoms with Gasteiger partial charge in [-0.1, -0.05) is 44.0 Å². The molecule has 1 fully saturated rings. The lowest BCUT2D eigenvalue weighted by Gasteiger charge is -2.38. The van der Waals surface area contributed by atoms with E-state index in [2.05, 4.69) is 18.0 Å². The van der Waals surface area contributed by atoms with Gasteiger partial charge >= 0.3 is 0 Å². The van der Waals surface area contributed by atoms with Crippen molar-refractivity contribution >= 4 is 10.9 Å². The molecule has 0 bridgehead atoms. The molecule has 3 unspecified atom stereocenters. The Kier molecular flexibility index (Phi) is 3.65. The van der Waals surface area contributed by atoms with E-state index in [0.717, 1.165) is 42.1 Å². The van der Waals surface area contributed by atoms with Crippen molar-refractivity contribution in [3.05, 3.63) is 42.1 Å². The number of para-hydroxylation sites is 1. The Morgan fingerprint density at radius 1 is 1.38 bits per heavy atom. The molecule has 3 heteroatoms. The smallest absolute Gasteiger partial charge is 0.0997 e. The van der Waals surface area contributed by atoms with E-state index in [1.165, 1.54) is 0 Å². The molecule has 3 nitrogen and oxygen atoms in total. The van der Waals surface area contributed by atoms with Gasteiger partial charge in [-0.25, -0.2) is 0 Å². The Bertz CT molecular complexity index is 686. The Hall–Kier alpha value is -1.92. The molecule has 2 aromatic rings. The number of nitriles is 1. The summed E-state index contributed by atoms with van der Waals surface area (Å²) in [5, 5.41) is 21.7. The van der Waals surface area contributed by atoms with Gasteiger partial charge in [0.1, 0.15) is 0 Å². The molecule has 108 valence electrons. The summed E-state index contributed by atoms with van der Waals surface area (Å²) in [5.41, 5.74) is 0.910. The molecule has 1 aromatic carbocycles. The second kappa shape index (κ2) is 5.46. The quantitative estimate of drug-likeness (QED) is 0.905. The van der Waals surface area contributed by atoms with E-state index in [4.69, 9.17) is 0 Å². The number of aliphatic hydroxyl groups excluding tert-OH is 1. The topological polar surface area (TPSA) is 56.9 Å². The number of aromatic nitrogens is 1. The maximum atomic E-state index is 10.9. The van der Waals surface area contributed by atoms with E-state index in [9.17, 15) is 10.4 Å². The normalized spacial score (nSPS) is 27.2. The number of nitrogens with zero attached hydrogens (tertiary/aromatic N) is 2. The van der Waals surface area contributed by atoms with Crippen LogP contribution in [0.5, 0.6) is 0 Å². The second-order valence-electron chi connectivity index (χ2n) is 6.29. The van der Waals surface area contributed by atoms with Crippen molar-refractivity contribution in [2.75, 3.05) is 0 Å². The van der Waals surface area contributed by atoms with Crippen molar-refractivity contribution in [3.8, 4) is 6.07 Å². The van der Waals surface area contributed by atoms with E-state index in [1.807, 2.05) is 30.3 Å². The third-order valence-corrected chi connectivity index (χ3v) is 4.74. The van der Waals surface area contributed by atoms with E-state index in [1.54, 1.807) is 6.20 Å². The minimum Gasteiger partial charge on any atom is -0.387 e. The van der Waals surface area contributed by atoms with Gasteiger partial charge in [-0.3, -0.25) is 4.98 Å². The summed E-state index contributed by atoms with van der Waals surface area (Å²) >= 11 is 0. The molecule has 1 aliphatic rings. The first-order valence-corrected chi connectivity index (χ1v) is 7.59. The number of rotatable bonds is 2. The van der Waals surface area contributed by atoms with Crippen LogP contribution in [0.4, 0.5) is 0 Å². The highest BCUT2D eigenvalue weighted by Crippen LogP contribution is 2.48. The van der Waals surface area contributed by atoms with Crippen LogP contribution in [0.15, 0.2) is 36.5 Å². The molecule has 1 aromatic heterocycles. The van der Waals surface area contributed by atoms with Gasteiger partial charge in [-0.2, -0.15) is 5.26 Å². The van der Waals surface area contributed by atoms with Crippen molar-refractivity contribution in [2.45, 2.75) is 38.7 Å². The van der Waals surface area contributed by atoms with Crippen molar-refractivity contribution in [3.63, 3.8) is 0 Å². The van der Waals surface area contributed by atoms with Gasteiger partial charge in [0.05, 0.1) is 23.1 Å². The lowest BCUT2D eigenvalue weighted by molar-refractivity contribution is 0.0228. The van der Waals surface area contributed by atoms with Crippen LogP contribution in [0.3, 0.4) is 0 Å². The van der Waals surface area contributed by atoms with Crippen molar-refractivity contribution in [1.82, 2.24) is 4.98 Å². The zero-order valence-electron chi connectivity index (χ0n) is 12.3.